The van der Waals surface area contributed by atoms with Crippen LogP contribution in [0.1, 0.15) is 24.2 Å². The third kappa shape index (κ3) is 2.44. The Balaban J connectivity index is 2.21. The molecule has 0 saturated heterocycles. The van der Waals surface area contributed by atoms with Crippen molar-refractivity contribution in [1.82, 2.24) is 19.7 Å². The Labute approximate surface area is 105 Å². The second-order valence-electron chi connectivity index (χ2n) is 4.05. The molecule has 98 valence electrons. The molecule has 1 N–H and O–H groups in total. The van der Waals surface area contributed by atoms with E-state index in [1.807, 2.05) is 0 Å². The van der Waals surface area contributed by atoms with Gasteiger partial charge in [0.2, 0.25) is 10.0 Å². The minimum Gasteiger partial charge on any atom is -0.363 e. The van der Waals surface area contributed by atoms with Crippen molar-refractivity contribution in [1.29, 1.82) is 0 Å². The van der Waals surface area contributed by atoms with E-state index in [0.29, 0.717) is 5.69 Å². The van der Waals surface area contributed by atoms with E-state index >= 15 is 0 Å². The fourth-order valence-electron chi connectivity index (χ4n) is 1.57. The number of rotatable bonds is 4. The molecule has 0 spiro atoms. The smallest absolute Gasteiger partial charge is 0.246 e. The summed E-state index contributed by atoms with van der Waals surface area (Å²) >= 11 is 0. The van der Waals surface area contributed by atoms with Crippen LogP contribution in [0.2, 0.25) is 0 Å². The number of sulfonamides is 1. The SMILES string of the molecule is Cc1nocc1S(=O)(=O)NC(C)c1cnn(C)c1. The molecular formula is C10H14N4O3S. The monoisotopic (exact) mass is 270 g/mol. The Morgan fingerprint density at radius 2 is 2.22 bits per heavy atom. The predicted octanol–water partition coefficient (Wildman–Crippen LogP) is 0.756. The fraction of sp³-hybridized carbons (Fsp3) is 0.400. The van der Waals surface area contributed by atoms with Crippen LogP contribution >= 0.6 is 0 Å². The third-order valence-electron chi connectivity index (χ3n) is 2.55. The van der Waals surface area contributed by atoms with Gasteiger partial charge in [-0.2, -0.15) is 5.10 Å². The summed E-state index contributed by atoms with van der Waals surface area (Å²) in [5.74, 6) is 0. The van der Waals surface area contributed by atoms with Gasteiger partial charge < -0.3 is 4.52 Å². The fourth-order valence-corrected chi connectivity index (χ4v) is 2.89. The van der Waals surface area contributed by atoms with Crippen molar-refractivity contribution >= 4 is 10.0 Å². The third-order valence-corrected chi connectivity index (χ3v) is 4.19. The highest BCUT2D eigenvalue weighted by Crippen LogP contribution is 2.18. The average Bonchev–Trinajstić information content (AvgIpc) is 2.86. The van der Waals surface area contributed by atoms with E-state index in [9.17, 15) is 8.42 Å². The van der Waals surface area contributed by atoms with Crippen LogP contribution in [-0.4, -0.2) is 23.4 Å². The second kappa shape index (κ2) is 4.54. The molecular weight excluding hydrogens is 256 g/mol. The van der Waals surface area contributed by atoms with E-state index in [-0.39, 0.29) is 10.9 Å². The average molecular weight is 270 g/mol. The Morgan fingerprint density at radius 1 is 1.50 bits per heavy atom. The lowest BCUT2D eigenvalue weighted by atomic mass is 10.2. The lowest BCUT2D eigenvalue weighted by Gasteiger charge is -2.11. The summed E-state index contributed by atoms with van der Waals surface area (Å²) in [6.45, 7) is 3.32. The van der Waals surface area contributed by atoms with E-state index in [0.717, 1.165) is 11.8 Å². The topological polar surface area (TPSA) is 90.0 Å². The number of nitrogens with one attached hydrogen (secondary N) is 1. The van der Waals surface area contributed by atoms with Gasteiger partial charge in [-0.05, 0) is 13.8 Å². The summed E-state index contributed by atoms with van der Waals surface area (Å²) in [7, 11) is -1.86. The largest absolute Gasteiger partial charge is 0.363 e. The normalized spacial score (nSPS) is 13.7. The predicted molar refractivity (Wildman–Crippen MR) is 63.2 cm³/mol. The molecule has 2 aromatic heterocycles. The summed E-state index contributed by atoms with van der Waals surface area (Å²) < 4.78 is 32.9. The molecule has 0 aliphatic carbocycles. The van der Waals surface area contributed by atoms with Gasteiger partial charge in [0.25, 0.3) is 0 Å². The molecule has 2 heterocycles. The Morgan fingerprint density at radius 3 is 2.72 bits per heavy atom. The molecule has 1 unspecified atom stereocenters. The summed E-state index contributed by atoms with van der Waals surface area (Å²) in [6.07, 6.45) is 4.49. The first kappa shape index (κ1) is 12.8. The molecule has 0 fully saturated rings. The standard InChI is InChI=1S/C10H14N4O3S/c1-7(9-4-11-14(3)5-9)13-18(15,16)10-6-17-12-8(10)2/h4-7,13H,1-3H3. The molecule has 1 atom stereocenters. The molecule has 18 heavy (non-hydrogen) atoms. The van der Waals surface area contributed by atoms with Crippen molar-refractivity contribution < 1.29 is 12.9 Å². The zero-order chi connectivity index (χ0) is 13.3. The maximum atomic E-state index is 12.1. The van der Waals surface area contributed by atoms with Gasteiger partial charge in [0, 0.05) is 24.8 Å². The Hall–Kier alpha value is -1.67. The minimum atomic E-state index is -3.63. The molecule has 0 amide bonds. The van der Waals surface area contributed by atoms with Crippen LogP contribution < -0.4 is 4.72 Å². The van der Waals surface area contributed by atoms with Gasteiger partial charge in [-0.25, -0.2) is 13.1 Å². The van der Waals surface area contributed by atoms with Crippen molar-refractivity contribution in [2.24, 2.45) is 7.05 Å². The molecule has 8 heteroatoms. The van der Waals surface area contributed by atoms with Crippen molar-refractivity contribution in [3.8, 4) is 0 Å². The van der Waals surface area contributed by atoms with Gasteiger partial charge >= 0.3 is 0 Å². The summed E-state index contributed by atoms with van der Waals surface area (Å²) in [4.78, 5) is 0.0539. The van der Waals surface area contributed by atoms with Gasteiger partial charge in [0.1, 0.15) is 16.9 Å². The quantitative estimate of drug-likeness (QED) is 0.885. The lowest BCUT2D eigenvalue weighted by molar-refractivity contribution is 0.413. The van der Waals surface area contributed by atoms with E-state index in [1.54, 1.807) is 38.0 Å². The highest BCUT2D eigenvalue weighted by Gasteiger charge is 2.23. The van der Waals surface area contributed by atoms with E-state index in [4.69, 9.17) is 0 Å². The summed E-state index contributed by atoms with van der Waals surface area (Å²) in [6, 6.07) is -0.377. The highest BCUT2D eigenvalue weighted by atomic mass is 32.2. The second-order valence-corrected chi connectivity index (χ2v) is 5.74. The number of aryl methyl sites for hydroxylation is 2. The van der Waals surface area contributed by atoms with Crippen LogP contribution in [0.15, 0.2) is 28.1 Å². The molecule has 7 nitrogen and oxygen atoms in total. The first-order valence-corrected chi connectivity index (χ1v) is 6.80. The molecule has 0 radical (unpaired) electrons. The molecule has 0 aliphatic rings. The number of hydrogen-bond donors (Lipinski definition) is 1. The van der Waals surface area contributed by atoms with Gasteiger partial charge in [-0.1, -0.05) is 5.16 Å². The molecule has 0 bridgehead atoms. The highest BCUT2D eigenvalue weighted by molar-refractivity contribution is 7.89. The van der Waals surface area contributed by atoms with Crippen LogP contribution in [-0.2, 0) is 17.1 Å². The van der Waals surface area contributed by atoms with Crippen LogP contribution in [0.3, 0.4) is 0 Å². The van der Waals surface area contributed by atoms with E-state index in [1.165, 1.54) is 0 Å². The molecule has 0 aliphatic heterocycles. The number of hydrogen-bond acceptors (Lipinski definition) is 5. The van der Waals surface area contributed by atoms with Gasteiger partial charge in [-0.15, -0.1) is 0 Å². The maximum absolute atomic E-state index is 12.1. The Bertz CT molecular complexity index is 644. The Kier molecular flexibility index (Phi) is 3.22. The number of aromatic nitrogens is 3. The van der Waals surface area contributed by atoms with Gasteiger partial charge in [-0.3, -0.25) is 4.68 Å². The first-order valence-electron chi connectivity index (χ1n) is 5.32. The van der Waals surface area contributed by atoms with Crippen LogP contribution in [0, 0.1) is 6.92 Å². The molecule has 2 aromatic rings. The number of nitrogens with zero attached hydrogens (tertiary/aromatic N) is 3. The maximum Gasteiger partial charge on any atom is 0.246 e. The zero-order valence-corrected chi connectivity index (χ0v) is 11.1. The molecule has 0 saturated carbocycles. The van der Waals surface area contributed by atoms with Crippen LogP contribution in [0.25, 0.3) is 0 Å². The summed E-state index contributed by atoms with van der Waals surface area (Å²) in [5, 5.41) is 7.56. The molecule has 0 aromatic carbocycles. The van der Waals surface area contributed by atoms with Gasteiger partial charge in [0.15, 0.2) is 0 Å². The van der Waals surface area contributed by atoms with Crippen molar-refractivity contribution in [3.05, 3.63) is 29.9 Å². The molecule has 2 rings (SSSR count). The van der Waals surface area contributed by atoms with Crippen molar-refractivity contribution in [3.63, 3.8) is 0 Å². The zero-order valence-electron chi connectivity index (χ0n) is 10.3. The van der Waals surface area contributed by atoms with Crippen molar-refractivity contribution in [2.75, 3.05) is 0 Å². The summed E-state index contributed by atoms with van der Waals surface area (Å²) in [5.41, 5.74) is 1.12. The van der Waals surface area contributed by atoms with Gasteiger partial charge in [0.05, 0.1) is 6.20 Å². The van der Waals surface area contributed by atoms with Crippen LogP contribution in [0.4, 0.5) is 0 Å². The minimum absolute atomic E-state index is 0.0539. The van der Waals surface area contributed by atoms with Crippen LogP contribution in [0.5, 0.6) is 0 Å². The first-order chi connectivity index (χ1) is 8.40. The van der Waals surface area contributed by atoms with E-state index < -0.39 is 10.0 Å². The lowest BCUT2D eigenvalue weighted by Crippen LogP contribution is -2.26. The van der Waals surface area contributed by atoms with Crippen molar-refractivity contribution in [2.45, 2.75) is 24.8 Å². The van der Waals surface area contributed by atoms with E-state index in [2.05, 4.69) is 19.5 Å².